The van der Waals surface area contributed by atoms with Crippen molar-refractivity contribution in [3.8, 4) is 0 Å². The highest BCUT2D eigenvalue weighted by atomic mass is 16.6. The highest BCUT2D eigenvalue weighted by Crippen LogP contribution is 2.29. The molecule has 1 aromatic rings. The van der Waals surface area contributed by atoms with E-state index in [-0.39, 0.29) is 24.2 Å². The lowest BCUT2D eigenvalue weighted by Crippen LogP contribution is -2.43. The summed E-state index contributed by atoms with van der Waals surface area (Å²) < 4.78 is 0. The molecule has 8 heteroatoms. The minimum Gasteiger partial charge on any atom is -0.395 e. The summed E-state index contributed by atoms with van der Waals surface area (Å²) >= 11 is 0. The lowest BCUT2D eigenvalue weighted by Gasteiger charge is -2.37. The molecule has 1 aliphatic carbocycles. The molecule has 0 spiro atoms. The molecule has 0 radical (unpaired) electrons. The van der Waals surface area contributed by atoms with Crippen LogP contribution in [0.2, 0.25) is 0 Å². The summed E-state index contributed by atoms with van der Waals surface area (Å²) in [5.41, 5.74) is 5.24. The molecule has 1 saturated carbocycles. The number of hydrogen-bond acceptors (Lipinski definition) is 7. The molecule has 3 N–H and O–H groups in total. The Morgan fingerprint density at radius 2 is 2.33 bits per heavy atom. The van der Waals surface area contributed by atoms with Crippen LogP contribution in [0.1, 0.15) is 19.3 Å². The number of nitro groups is 1. The van der Waals surface area contributed by atoms with Crippen molar-refractivity contribution in [2.24, 2.45) is 0 Å². The summed E-state index contributed by atoms with van der Waals surface area (Å²) in [6.45, 7) is 0.388. The molecule has 0 unspecified atom stereocenters. The van der Waals surface area contributed by atoms with Crippen molar-refractivity contribution in [1.29, 1.82) is 0 Å². The molecule has 0 saturated heterocycles. The fraction of sp³-hybridized carbons (Fsp3) is 0.600. The summed E-state index contributed by atoms with van der Waals surface area (Å²) in [4.78, 5) is 19.8. The lowest BCUT2D eigenvalue weighted by molar-refractivity contribution is -0.384. The van der Waals surface area contributed by atoms with E-state index in [1.165, 1.54) is 0 Å². The summed E-state index contributed by atoms with van der Waals surface area (Å²) in [6, 6.07) is 0.290. The third-order valence-electron chi connectivity index (χ3n) is 3.10. The van der Waals surface area contributed by atoms with E-state index >= 15 is 0 Å². The van der Waals surface area contributed by atoms with Crippen molar-refractivity contribution in [1.82, 2.24) is 9.97 Å². The van der Waals surface area contributed by atoms with Gasteiger partial charge in [-0.15, -0.1) is 0 Å². The maximum Gasteiger partial charge on any atom is 0.329 e. The number of aliphatic hydroxyl groups is 1. The molecule has 98 valence electrons. The molecule has 0 aromatic carbocycles. The van der Waals surface area contributed by atoms with Crippen LogP contribution in [0.5, 0.6) is 0 Å². The van der Waals surface area contributed by atoms with Gasteiger partial charge in [0.2, 0.25) is 11.8 Å². The minimum absolute atomic E-state index is 0.0171. The van der Waals surface area contributed by atoms with E-state index in [9.17, 15) is 10.1 Å². The van der Waals surface area contributed by atoms with E-state index < -0.39 is 4.92 Å². The first-order chi connectivity index (χ1) is 8.63. The van der Waals surface area contributed by atoms with E-state index in [4.69, 9.17) is 10.8 Å². The molecule has 1 fully saturated rings. The van der Waals surface area contributed by atoms with E-state index in [0.717, 1.165) is 25.5 Å². The van der Waals surface area contributed by atoms with E-state index in [1.54, 1.807) is 0 Å². The average molecular weight is 253 g/mol. The van der Waals surface area contributed by atoms with Gasteiger partial charge in [0.25, 0.3) is 0 Å². The normalized spacial score (nSPS) is 15.2. The molecule has 8 nitrogen and oxygen atoms in total. The Hall–Kier alpha value is -1.96. The second-order valence-corrected chi connectivity index (χ2v) is 4.20. The van der Waals surface area contributed by atoms with Gasteiger partial charge in [-0.1, -0.05) is 0 Å². The first kappa shape index (κ1) is 12.5. The van der Waals surface area contributed by atoms with Crippen LogP contribution in [0, 0.1) is 10.1 Å². The molecule has 1 heterocycles. The summed E-state index contributed by atoms with van der Waals surface area (Å²) in [5.74, 6) is 0.198. The number of nitrogens with zero attached hydrogens (tertiary/aromatic N) is 4. The number of aliphatic hydroxyl groups excluding tert-OH is 1. The van der Waals surface area contributed by atoms with Gasteiger partial charge >= 0.3 is 5.69 Å². The zero-order valence-electron chi connectivity index (χ0n) is 9.82. The minimum atomic E-state index is -0.612. The Labute approximate surface area is 104 Å². The molecule has 1 aromatic heterocycles. The predicted molar refractivity (Wildman–Crippen MR) is 65.2 cm³/mol. The molecular weight excluding hydrogens is 238 g/mol. The Balaban J connectivity index is 2.24. The van der Waals surface area contributed by atoms with Gasteiger partial charge in [-0.2, -0.15) is 4.98 Å². The highest BCUT2D eigenvalue weighted by Gasteiger charge is 2.27. The summed E-state index contributed by atoms with van der Waals surface area (Å²) in [7, 11) is 0. The molecule has 0 atom stereocenters. The van der Waals surface area contributed by atoms with Crippen molar-refractivity contribution in [3.05, 3.63) is 16.3 Å². The fourth-order valence-corrected chi connectivity index (χ4v) is 1.91. The van der Waals surface area contributed by atoms with Gasteiger partial charge in [-0.3, -0.25) is 10.1 Å². The number of nitrogen functional groups attached to an aromatic ring is 1. The molecule has 1 aliphatic rings. The molecule has 0 aliphatic heterocycles. The van der Waals surface area contributed by atoms with Gasteiger partial charge in [-0.25, -0.2) is 4.98 Å². The zero-order valence-corrected chi connectivity index (χ0v) is 9.82. The van der Waals surface area contributed by atoms with Crippen LogP contribution in [0.4, 0.5) is 17.5 Å². The highest BCUT2D eigenvalue weighted by molar-refractivity contribution is 5.54. The Morgan fingerprint density at radius 3 is 2.78 bits per heavy atom. The first-order valence-electron chi connectivity index (χ1n) is 5.78. The molecule has 0 amide bonds. The lowest BCUT2D eigenvalue weighted by atomic mass is 9.92. The van der Waals surface area contributed by atoms with Crippen LogP contribution in [0.25, 0.3) is 0 Å². The second kappa shape index (κ2) is 5.13. The number of anilines is 2. The molecular formula is C10H15N5O3. The molecule has 0 bridgehead atoms. The van der Waals surface area contributed by atoms with Crippen molar-refractivity contribution in [2.45, 2.75) is 25.3 Å². The zero-order chi connectivity index (χ0) is 13.1. The van der Waals surface area contributed by atoms with Crippen molar-refractivity contribution in [3.63, 3.8) is 0 Å². The van der Waals surface area contributed by atoms with Gasteiger partial charge in [0.15, 0.2) is 0 Å². The number of aromatic nitrogens is 2. The Bertz CT molecular complexity index is 449. The van der Waals surface area contributed by atoms with E-state index in [0.29, 0.717) is 12.5 Å². The van der Waals surface area contributed by atoms with Crippen LogP contribution < -0.4 is 10.6 Å². The van der Waals surface area contributed by atoms with Gasteiger partial charge in [0.05, 0.1) is 11.5 Å². The maximum absolute atomic E-state index is 10.6. The third kappa shape index (κ3) is 2.33. The number of nitrogens with two attached hydrogens (primary N) is 1. The Kier molecular flexibility index (Phi) is 3.56. The van der Waals surface area contributed by atoms with Gasteiger partial charge < -0.3 is 15.7 Å². The van der Waals surface area contributed by atoms with Crippen LogP contribution in [-0.4, -0.2) is 39.2 Å². The van der Waals surface area contributed by atoms with E-state index in [1.807, 2.05) is 4.90 Å². The van der Waals surface area contributed by atoms with Crippen molar-refractivity contribution < 1.29 is 10.0 Å². The standard InChI is InChI=1S/C10H15N5O3/c11-9-8(15(17)18)6-12-10(13-9)14(4-5-16)7-2-1-3-7/h6-7,16H,1-5H2,(H2,11,12,13). The van der Waals surface area contributed by atoms with Crippen LogP contribution in [0.15, 0.2) is 6.20 Å². The number of rotatable bonds is 5. The fourth-order valence-electron chi connectivity index (χ4n) is 1.91. The average Bonchev–Trinajstić information content (AvgIpc) is 2.25. The largest absolute Gasteiger partial charge is 0.395 e. The summed E-state index contributed by atoms with van der Waals surface area (Å²) in [5, 5.41) is 19.7. The summed E-state index contributed by atoms with van der Waals surface area (Å²) in [6.07, 6.45) is 4.27. The van der Waals surface area contributed by atoms with Crippen LogP contribution >= 0.6 is 0 Å². The van der Waals surface area contributed by atoms with Gasteiger partial charge in [-0.05, 0) is 19.3 Å². The second-order valence-electron chi connectivity index (χ2n) is 4.20. The smallest absolute Gasteiger partial charge is 0.329 e. The predicted octanol–water partition coefficient (Wildman–Crippen LogP) is 0.318. The maximum atomic E-state index is 10.6. The molecule has 2 rings (SSSR count). The SMILES string of the molecule is Nc1nc(N(CCO)C2CCC2)ncc1[N+](=O)[O-]. The van der Waals surface area contributed by atoms with Crippen LogP contribution in [-0.2, 0) is 0 Å². The topological polar surface area (TPSA) is 118 Å². The number of hydrogen-bond donors (Lipinski definition) is 2. The van der Waals surface area contributed by atoms with Crippen LogP contribution in [0.3, 0.4) is 0 Å². The van der Waals surface area contributed by atoms with Crippen molar-refractivity contribution in [2.75, 3.05) is 23.8 Å². The Morgan fingerprint density at radius 1 is 1.61 bits per heavy atom. The molecule has 18 heavy (non-hydrogen) atoms. The first-order valence-corrected chi connectivity index (χ1v) is 5.78. The third-order valence-corrected chi connectivity index (χ3v) is 3.10. The van der Waals surface area contributed by atoms with Gasteiger partial charge in [0, 0.05) is 12.6 Å². The van der Waals surface area contributed by atoms with E-state index in [2.05, 4.69) is 9.97 Å². The quantitative estimate of drug-likeness (QED) is 0.572. The van der Waals surface area contributed by atoms with Gasteiger partial charge in [0.1, 0.15) is 6.20 Å². The monoisotopic (exact) mass is 253 g/mol. The van der Waals surface area contributed by atoms with Crippen molar-refractivity contribution >= 4 is 17.5 Å².